The van der Waals surface area contributed by atoms with E-state index in [2.05, 4.69) is 15.2 Å². The molecule has 1 aromatic rings. The van der Waals surface area contributed by atoms with Crippen LogP contribution in [0.15, 0.2) is 28.5 Å². The lowest BCUT2D eigenvalue weighted by Crippen LogP contribution is -2.25. The number of nitrogens with two attached hydrogens (primary N) is 1. The summed E-state index contributed by atoms with van der Waals surface area (Å²) in [6.07, 6.45) is -1.25. The van der Waals surface area contributed by atoms with Crippen molar-refractivity contribution >= 4 is 17.6 Å². The van der Waals surface area contributed by atoms with E-state index in [-0.39, 0.29) is 30.2 Å². The molecule has 1 atom stereocenters. The van der Waals surface area contributed by atoms with E-state index in [1.807, 2.05) is 0 Å². The van der Waals surface area contributed by atoms with E-state index in [4.69, 9.17) is 21.2 Å². The fraction of sp³-hybridized carbons (Fsp3) is 0.273. The van der Waals surface area contributed by atoms with Crippen molar-refractivity contribution in [1.82, 2.24) is 0 Å². The van der Waals surface area contributed by atoms with Crippen molar-refractivity contribution in [2.45, 2.75) is 6.10 Å². The zero-order valence-electron chi connectivity index (χ0n) is 10.7. The number of anilines is 1. The van der Waals surface area contributed by atoms with Gasteiger partial charge in [-0.15, -0.1) is 0 Å². The minimum atomic E-state index is -0.742. The van der Waals surface area contributed by atoms with Gasteiger partial charge in [0, 0.05) is 4.91 Å². The average molecular weight is 294 g/mol. The highest BCUT2D eigenvalue weighted by Crippen LogP contribution is 2.24. The van der Waals surface area contributed by atoms with E-state index in [0.29, 0.717) is 0 Å². The first-order chi connectivity index (χ1) is 10.1. The Labute approximate surface area is 118 Å². The highest BCUT2D eigenvalue weighted by atomic mass is 19.1. The summed E-state index contributed by atoms with van der Waals surface area (Å²) >= 11 is 0. The van der Waals surface area contributed by atoms with Crippen molar-refractivity contribution < 1.29 is 19.1 Å². The molecule has 0 aliphatic carbocycles. The van der Waals surface area contributed by atoms with Gasteiger partial charge in [-0.1, -0.05) is 10.3 Å². The zero-order valence-corrected chi connectivity index (χ0v) is 10.7. The second-order valence-electron chi connectivity index (χ2n) is 4.18. The summed E-state index contributed by atoms with van der Waals surface area (Å²) in [5.41, 5.74) is 13.7. The van der Waals surface area contributed by atoms with Crippen molar-refractivity contribution in [2.75, 3.05) is 18.0 Å². The first kappa shape index (κ1) is 14.4. The molecule has 0 spiro atoms. The maximum Gasteiger partial charge on any atom is 0.414 e. The van der Waals surface area contributed by atoms with Gasteiger partial charge in [-0.2, -0.15) is 0 Å². The summed E-state index contributed by atoms with van der Waals surface area (Å²) in [5.74, 6) is -1.11. The normalized spacial score (nSPS) is 18.3. The van der Waals surface area contributed by atoms with E-state index in [1.54, 1.807) is 0 Å². The number of hydrogen-bond donors (Lipinski definition) is 2. The predicted octanol–water partition coefficient (Wildman–Crippen LogP) is 1.56. The number of amides is 1. The Morgan fingerprint density at radius 3 is 3.05 bits per heavy atom. The molecule has 1 fully saturated rings. The van der Waals surface area contributed by atoms with Crippen LogP contribution in [0.25, 0.3) is 10.4 Å². The fourth-order valence-electron chi connectivity index (χ4n) is 1.89. The summed E-state index contributed by atoms with van der Waals surface area (Å²) in [7, 11) is 0. The van der Waals surface area contributed by atoms with Crippen LogP contribution in [0.1, 0.15) is 5.56 Å². The van der Waals surface area contributed by atoms with Crippen LogP contribution >= 0.6 is 0 Å². The van der Waals surface area contributed by atoms with Crippen LogP contribution in [-0.2, 0) is 4.74 Å². The Bertz CT molecular complexity index is 643. The Kier molecular flexibility index (Phi) is 4.10. The predicted molar refractivity (Wildman–Crippen MR) is 70.5 cm³/mol. The maximum atomic E-state index is 13.9. The van der Waals surface area contributed by atoms with Gasteiger partial charge in [-0.3, -0.25) is 4.90 Å². The topological polar surface area (TPSA) is 137 Å². The largest absolute Gasteiger partial charge is 0.444 e. The molecule has 110 valence electrons. The minimum absolute atomic E-state index is 0.00340. The van der Waals surface area contributed by atoms with Crippen LogP contribution in [0, 0.1) is 5.82 Å². The molecule has 1 saturated heterocycles. The lowest BCUT2D eigenvalue weighted by Gasteiger charge is -2.13. The summed E-state index contributed by atoms with van der Waals surface area (Å²) < 4.78 is 18.8. The Hall–Kier alpha value is -3.00. The van der Waals surface area contributed by atoms with Gasteiger partial charge < -0.3 is 15.7 Å². The summed E-state index contributed by atoms with van der Waals surface area (Å²) in [6, 6.07) is 3.80. The number of hydrogen-bond acceptors (Lipinski definition) is 5. The molecule has 2 rings (SSSR count). The van der Waals surface area contributed by atoms with Gasteiger partial charge in [0.2, 0.25) is 0 Å². The lowest BCUT2D eigenvalue weighted by molar-refractivity contribution is 0.145. The summed E-state index contributed by atoms with van der Waals surface area (Å²) in [6.45, 7) is 0.142. The molecule has 0 saturated carbocycles. The third-order valence-electron chi connectivity index (χ3n) is 2.87. The monoisotopic (exact) mass is 294 g/mol. The van der Waals surface area contributed by atoms with Gasteiger partial charge in [0.25, 0.3) is 0 Å². The lowest BCUT2D eigenvalue weighted by atomic mass is 10.1. The molecule has 1 heterocycles. The molecular formula is C11H11FN6O3. The second-order valence-corrected chi connectivity index (χ2v) is 4.18. The Morgan fingerprint density at radius 2 is 2.43 bits per heavy atom. The summed E-state index contributed by atoms with van der Waals surface area (Å²) in [5, 5.41) is 14.6. The molecule has 0 bridgehead atoms. The van der Waals surface area contributed by atoms with Crippen LogP contribution in [-0.4, -0.2) is 36.3 Å². The zero-order chi connectivity index (χ0) is 15.4. The first-order valence-corrected chi connectivity index (χ1v) is 5.83. The molecule has 1 aliphatic rings. The molecular weight excluding hydrogens is 283 g/mol. The van der Waals surface area contributed by atoms with Gasteiger partial charge in [0.15, 0.2) is 5.84 Å². The van der Waals surface area contributed by atoms with Crippen LogP contribution < -0.4 is 10.6 Å². The number of benzene rings is 1. The van der Waals surface area contributed by atoms with Crippen LogP contribution in [0.3, 0.4) is 0 Å². The number of carbonyl (C=O) groups is 1. The number of halogens is 1. The minimum Gasteiger partial charge on any atom is -0.444 e. The van der Waals surface area contributed by atoms with Gasteiger partial charge in [-0.05, 0) is 23.7 Å². The highest BCUT2D eigenvalue weighted by molar-refractivity contribution is 5.98. The van der Waals surface area contributed by atoms with E-state index in [9.17, 15) is 9.18 Å². The number of ether oxygens (including phenoxy) is 1. The quantitative estimate of drug-likeness (QED) is 0.165. The molecule has 3 N–H and O–H groups in total. The summed E-state index contributed by atoms with van der Waals surface area (Å²) in [4.78, 5) is 15.5. The number of oxime groups is 1. The van der Waals surface area contributed by atoms with Crippen LogP contribution in [0.5, 0.6) is 0 Å². The van der Waals surface area contributed by atoms with E-state index in [1.165, 1.54) is 17.0 Å². The number of rotatable bonds is 4. The van der Waals surface area contributed by atoms with Crippen molar-refractivity contribution in [3.63, 3.8) is 0 Å². The highest BCUT2D eigenvalue weighted by Gasteiger charge is 2.32. The SMILES string of the molecule is [N-]=[N+]=NC[C@H]1CN(c2ccc(/C(N)=N/O)c(F)c2)C(=O)O1. The fourth-order valence-corrected chi connectivity index (χ4v) is 1.89. The number of azide groups is 1. The van der Waals surface area contributed by atoms with E-state index >= 15 is 0 Å². The van der Waals surface area contributed by atoms with Crippen LogP contribution in [0.4, 0.5) is 14.9 Å². The van der Waals surface area contributed by atoms with Crippen molar-refractivity contribution in [3.05, 3.63) is 40.0 Å². The number of amidine groups is 1. The smallest absolute Gasteiger partial charge is 0.414 e. The molecule has 9 nitrogen and oxygen atoms in total. The standard InChI is InChI=1S/C11H11FN6O3/c12-9-3-6(1-2-8(9)10(13)16-20)18-5-7(4-15-17-14)21-11(18)19/h1-3,7,20H,4-5H2,(H2,13,16)/t7-/m0/s1. The third-order valence-corrected chi connectivity index (χ3v) is 2.87. The Morgan fingerprint density at radius 1 is 1.67 bits per heavy atom. The van der Waals surface area contributed by atoms with Crippen LogP contribution in [0.2, 0.25) is 0 Å². The van der Waals surface area contributed by atoms with Gasteiger partial charge in [-0.25, -0.2) is 9.18 Å². The maximum absolute atomic E-state index is 13.9. The molecule has 0 unspecified atom stereocenters. The van der Waals surface area contributed by atoms with E-state index in [0.717, 1.165) is 6.07 Å². The van der Waals surface area contributed by atoms with Gasteiger partial charge >= 0.3 is 6.09 Å². The molecule has 0 radical (unpaired) electrons. The molecule has 1 amide bonds. The average Bonchev–Trinajstić information content (AvgIpc) is 2.85. The van der Waals surface area contributed by atoms with Crippen molar-refractivity contribution in [2.24, 2.45) is 16.0 Å². The Balaban J connectivity index is 2.21. The van der Waals surface area contributed by atoms with Gasteiger partial charge in [0.1, 0.15) is 11.9 Å². The van der Waals surface area contributed by atoms with Crippen molar-refractivity contribution in [1.29, 1.82) is 0 Å². The third kappa shape index (κ3) is 2.95. The molecule has 1 aromatic carbocycles. The molecule has 1 aliphatic heterocycles. The number of cyclic esters (lactones) is 1. The molecule has 21 heavy (non-hydrogen) atoms. The molecule has 0 aromatic heterocycles. The number of nitrogens with zero attached hydrogens (tertiary/aromatic N) is 5. The first-order valence-electron chi connectivity index (χ1n) is 5.83. The van der Waals surface area contributed by atoms with Crippen molar-refractivity contribution in [3.8, 4) is 0 Å². The number of carbonyl (C=O) groups excluding carboxylic acids is 1. The van der Waals surface area contributed by atoms with Gasteiger partial charge in [0.05, 0.1) is 24.3 Å². The van der Waals surface area contributed by atoms with E-state index < -0.39 is 18.0 Å². The second kappa shape index (κ2) is 5.97. The molecule has 10 heteroatoms.